The first-order chi connectivity index (χ1) is 4.86. The fraction of sp³-hybridized carbons (Fsp3) is 0.286. The minimum Gasteiger partial charge on any atom is -0.330 e. The zero-order valence-corrected chi connectivity index (χ0v) is 6.32. The van der Waals surface area contributed by atoms with E-state index in [0.29, 0.717) is 6.54 Å². The summed E-state index contributed by atoms with van der Waals surface area (Å²) in [7, 11) is 0. The molecule has 0 unspecified atom stereocenters. The fourth-order valence-electron chi connectivity index (χ4n) is 0.715. The number of rotatable bonds is 2. The summed E-state index contributed by atoms with van der Waals surface area (Å²) in [5.74, 6) is 0. The highest BCUT2D eigenvalue weighted by Crippen LogP contribution is 2.14. The van der Waals surface area contributed by atoms with Gasteiger partial charge >= 0.3 is 0 Å². The van der Waals surface area contributed by atoms with Crippen molar-refractivity contribution in [1.82, 2.24) is 0 Å². The molecule has 0 radical (unpaired) electrons. The second-order valence-electron chi connectivity index (χ2n) is 1.92. The molecule has 2 nitrogen and oxygen atoms in total. The van der Waals surface area contributed by atoms with E-state index in [1.165, 1.54) is 16.2 Å². The van der Waals surface area contributed by atoms with Crippen LogP contribution in [0.15, 0.2) is 12.1 Å². The standard InChI is InChI=1S/C7H8N2S/c8-4-3-6-1-2-7(5-9)10-6/h1-2H,3-4,8H2. The van der Waals surface area contributed by atoms with E-state index in [-0.39, 0.29) is 0 Å². The molecule has 1 aromatic heterocycles. The molecule has 1 rings (SSSR count). The third-order valence-electron chi connectivity index (χ3n) is 1.16. The lowest BCUT2D eigenvalue weighted by atomic mass is 10.3. The lowest BCUT2D eigenvalue weighted by molar-refractivity contribution is 0.989. The summed E-state index contributed by atoms with van der Waals surface area (Å²) in [5, 5.41) is 8.45. The molecular weight excluding hydrogens is 144 g/mol. The molecule has 0 bridgehead atoms. The Morgan fingerprint density at radius 3 is 2.90 bits per heavy atom. The Bertz CT molecular complexity index is 246. The van der Waals surface area contributed by atoms with Crippen molar-refractivity contribution >= 4 is 11.3 Å². The molecule has 0 aliphatic carbocycles. The Morgan fingerprint density at radius 2 is 2.40 bits per heavy atom. The van der Waals surface area contributed by atoms with Crippen LogP contribution in [0, 0.1) is 11.3 Å². The first-order valence-corrected chi connectivity index (χ1v) is 3.87. The maximum Gasteiger partial charge on any atom is 0.110 e. The highest BCUT2D eigenvalue weighted by atomic mass is 32.1. The highest BCUT2D eigenvalue weighted by molar-refractivity contribution is 7.12. The van der Waals surface area contributed by atoms with E-state index in [1.54, 1.807) is 0 Å². The number of thiophene rings is 1. The van der Waals surface area contributed by atoms with E-state index in [9.17, 15) is 0 Å². The van der Waals surface area contributed by atoms with Gasteiger partial charge in [0.25, 0.3) is 0 Å². The summed E-state index contributed by atoms with van der Waals surface area (Å²) in [6.45, 7) is 0.658. The monoisotopic (exact) mass is 152 g/mol. The smallest absolute Gasteiger partial charge is 0.110 e. The van der Waals surface area contributed by atoms with Crippen LogP contribution in [0.4, 0.5) is 0 Å². The fourth-order valence-corrected chi connectivity index (χ4v) is 1.53. The molecule has 1 heterocycles. The molecule has 3 heteroatoms. The number of hydrogen-bond acceptors (Lipinski definition) is 3. The molecule has 0 saturated carbocycles. The summed E-state index contributed by atoms with van der Waals surface area (Å²) in [4.78, 5) is 1.96. The molecule has 1 aromatic rings. The average Bonchev–Trinajstić information content (AvgIpc) is 2.37. The van der Waals surface area contributed by atoms with Crippen LogP contribution in [0.25, 0.3) is 0 Å². The number of hydrogen-bond donors (Lipinski definition) is 1. The van der Waals surface area contributed by atoms with Gasteiger partial charge in [0.2, 0.25) is 0 Å². The number of nitrogens with zero attached hydrogens (tertiary/aromatic N) is 1. The van der Waals surface area contributed by atoms with E-state index >= 15 is 0 Å². The Kier molecular flexibility index (Phi) is 2.43. The van der Waals surface area contributed by atoms with Gasteiger partial charge in [-0.1, -0.05) is 0 Å². The van der Waals surface area contributed by atoms with Gasteiger partial charge in [-0.25, -0.2) is 0 Å². The summed E-state index contributed by atoms with van der Waals surface area (Å²) in [5.41, 5.74) is 5.34. The maximum absolute atomic E-state index is 8.45. The quantitative estimate of drug-likeness (QED) is 0.690. The lowest BCUT2D eigenvalue weighted by Crippen LogP contribution is -2.00. The molecule has 2 N–H and O–H groups in total. The predicted octanol–water partition coefficient (Wildman–Crippen LogP) is 1.12. The van der Waals surface area contributed by atoms with E-state index in [2.05, 4.69) is 6.07 Å². The predicted molar refractivity (Wildman–Crippen MR) is 41.8 cm³/mol. The second kappa shape index (κ2) is 3.35. The third kappa shape index (κ3) is 1.56. The van der Waals surface area contributed by atoms with Gasteiger partial charge in [0, 0.05) is 4.88 Å². The average molecular weight is 152 g/mol. The van der Waals surface area contributed by atoms with Crippen LogP contribution in [0.3, 0.4) is 0 Å². The second-order valence-corrected chi connectivity index (χ2v) is 3.08. The molecule has 52 valence electrons. The van der Waals surface area contributed by atoms with Crippen molar-refractivity contribution in [3.63, 3.8) is 0 Å². The Hall–Kier alpha value is -0.850. The molecule has 0 fully saturated rings. The highest BCUT2D eigenvalue weighted by Gasteiger charge is 1.96. The molecular formula is C7H8N2S. The first kappa shape index (κ1) is 7.26. The normalized spacial score (nSPS) is 9.20. The van der Waals surface area contributed by atoms with Gasteiger partial charge in [-0.2, -0.15) is 5.26 Å². The van der Waals surface area contributed by atoms with Gasteiger partial charge in [-0.3, -0.25) is 0 Å². The SMILES string of the molecule is N#Cc1ccc(CCN)s1. The van der Waals surface area contributed by atoms with Crippen LogP contribution in [0.2, 0.25) is 0 Å². The van der Waals surface area contributed by atoms with Gasteiger partial charge in [-0.15, -0.1) is 11.3 Å². The first-order valence-electron chi connectivity index (χ1n) is 3.05. The van der Waals surface area contributed by atoms with E-state index in [4.69, 9.17) is 11.0 Å². The zero-order valence-electron chi connectivity index (χ0n) is 5.50. The van der Waals surface area contributed by atoms with Crippen LogP contribution >= 0.6 is 11.3 Å². The van der Waals surface area contributed by atoms with Gasteiger partial charge in [0.05, 0.1) is 0 Å². The maximum atomic E-state index is 8.45. The van der Waals surface area contributed by atoms with E-state index in [0.717, 1.165) is 11.3 Å². The Balaban J connectivity index is 2.71. The van der Waals surface area contributed by atoms with Crippen molar-refractivity contribution < 1.29 is 0 Å². The van der Waals surface area contributed by atoms with Crippen molar-refractivity contribution in [2.24, 2.45) is 5.73 Å². The van der Waals surface area contributed by atoms with E-state index in [1.807, 2.05) is 12.1 Å². The van der Waals surface area contributed by atoms with Gasteiger partial charge in [-0.05, 0) is 25.1 Å². The van der Waals surface area contributed by atoms with E-state index < -0.39 is 0 Å². The molecule has 0 aliphatic rings. The summed E-state index contributed by atoms with van der Waals surface area (Å²) in [6.07, 6.45) is 0.881. The van der Waals surface area contributed by atoms with Crippen molar-refractivity contribution in [1.29, 1.82) is 5.26 Å². The van der Waals surface area contributed by atoms with Crippen molar-refractivity contribution in [2.45, 2.75) is 6.42 Å². The van der Waals surface area contributed by atoms with Crippen LogP contribution in [0.1, 0.15) is 9.75 Å². The van der Waals surface area contributed by atoms with Crippen LogP contribution in [0.5, 0.6) is 0 Å². The zero-order chi connectivity index (χ0) is 7.40. The minimum atomic E-state index is 0.658. The third-order valence-corrected chi connectivity index (χ3v) is 2.21. The molecule has 0 aliphatic heterocycles. The van der Waals surface area contributed by atoms with Crippen LogP contribution in [-0.4, -0.2) is 6.54 Å². The molecule has 10 heavy (non-hydrogen) atoms. The molecule has 0 atom stereocenters. The molecule has 0 aromatic carbocycles. The van der Waals surface area contributed by atoms with Crippen molar-refractivity contribution in [2.75, 3.05) is 6.54 Å². The van der Waals surface area contributed by atoms with Crippen molar-refractivity contribution in [3.05, 3.63) is 21.9 Å². The molecule has 0 saturated heterocycles. The summed E-state index contributed by atoms with van der Waals surface area (Å²) >= 11 is 1.52. The molecule has 0 amide bonds. The topological polar surface area (TPSA) is 49.8 Å². The largest absolute Gasteiger partial charge is 0.330 e. The van der Waals surface area contributed by atoms with Crippen molar-refractivity contribution in [3.8, 4) is 6.07 Å². The van der Waals surface area contributed by atoms with Gasteiger partial charge in [0.1, 0.15) is 10.9 Å². The van der Waals surface area contributed by atoms with Gasteiger partial charge in [0.15, 0.2) is 0 Å². The summed E-state index contributed by atoms with van der Waals surface area (Å²) in [6, 6.07) is 5.87. The molecule has 0 spiro atoms. The van der Waals surface area contributed by atoms with Gasteiger partial charge < -0.3 is 5.73 Å². The number of nitrogens with two attached hydrogens (primary N) is 1. The lowest BCUT2D eigenvalue weighted by Gasteiger charge is -1.86. The van der Waals surface area contributed by atoms with Crippen LogP contribution in [-0.2, 0) is 6.42 Å². The minimum absolute atomic E-state index is 0.658. The van der Waals surface area contributed by atoms with Crippen LogP contribution < -0.4 is 5.73 Å². The summed E-state index contributed by atoms with van der Waals surface area (Å²) < 4.78 is 0. The number of nitriles is 1. The Morgan fingerprint density at radius 1 is 1.60 bits per heavy atom. The Labute approximate surface area is 63.9 Å².